The van der Waals surface area contributed by atoms with Crippen LogP contribution in [-0.4, -0.2) is 36.2 Å². The molecule has 7 heteroatoms. The molecule has 0 saturated carbocycles. The van der Waals surface area contributed by atoms with Gasteiger partial charge in [0.15, 0.2) is 5.17 Å². The van der Waals surface area contributed by atoms with Gasteiger partial charge in [-0.2, -0.15) is 0 Å². The third-order valence-corrected chi connectivity index (χ3v) is 5.19. The van der Waals surface area contributed by atoms with E-state index in [1.165, 1.54) is 24.9 Å². The number of halogens is 2. The highest BCUT2D eigenvalue weighted by Crippen LogP contribution is 2.28. The number of ether oxygens (including phenoxy) is 1. The van der Waals surface area contributed by atoms with E-state index in [0.29, 0.717) is 45.9 Å². The lowest BCUT2D eigenvalue weighted by Gasteiger charge is -2.19. The van der Waals surface area contributed by atoms with Crippen LogP contribution in [0.1, 0.15) is 15.9 Å². The zero-order valence-corrected chi connectivity index (χ0v) is 15.1. The van der Waals surface area contributed by atoms with Crippen LogP contribution in [0, 0.1) is 5.82 Å². The number of hydrogen-bond donors (Lipinski definition) is 0. The molecule has 0 atom stereocenters. The molecule has 2 aromatic rings. The number of carbonyl (C=O) groups excluding carboxylic acids is 1. The van der Waals surface area contributed by atoms with E-state index in [0.717, 1.165) is 0 Å². The molecule has 130 valence electrons. The van der Waals surface area contributed by atoms with Crippen LogP contribution in [0.2, 0.25) is 5.02 Å². The number of methoxy groups -OCH3 is 1. The van der Waals surface area contributed by atoms with E-state index in [1.54, 1.807) is 35.2 Å². The van der Waals surface area contributed by atoms with Gasteiger partial charge in [-0.05, 0) is 24.3 Å². The van der Waals surface area contributed by atoms with E-state index in [2.05, 4.69) is 4.99 Å². The number of nitrogens with zero attached hydrogens (tertiary/aromatic N) is 2. The first kappa shape index (κ1) is 17.8. The van der Waals surface area contributed by atoms with Gasteiger partial charge in [0.25, 0.3) is 5.91 Å². The first-order valence-electron chi connectivity index (χ1n) is 7.67. The van der Waals surface area contributed by atoms with E-state index >= 15 is 0 Å². The number of amidine groups is 1. The Balaban J connectivity index is 1.76. The maximum Gasteiger partial charge on any atom is 0.263 e. The third kappa shape index (κ3) is 3.80. The molecule has 0 radical (unpaired) electrons. The van der Waals surface area contributed by atoms with Gasteiger partial charge in [-0.3, -0.25) is 14.7 Å². The second kappa shape index (κ2) is 7.89. The number of amides is 1. The maximum absolute atomic E-state index is 13.9. The number of aliphatic imine (C=N–C) groups is 1. The minimum atomic E-state index is -0.360. The van der Waals surface area contributed by atoms with Crippen LogP contribution in [0.5, 0.6) is 5.75 Å². The summed E-state index contributed by atoms with van der Waals surface area (Å²) in [6.07, 6.45) is 0. The lowest BCUT2D eigenvalue weighted by molar-refractivity contribution is 0.0857. The highest BCUT2D eigenvalue weighted by atomic mass is 35.5. The Morgan fingerprint density at radius 2 is 2.12 bits per heavy atom. The molecule has 0 aliphatic carbocycles. The monoisotopic (exact) mass is 378 g/mol. The van der Waals surface area contributed by atoms with Crippen molar-refractivity contribution in [3.05, 3.63) is 64.4 Å². The van der Waals surface area contributed by atoms with Gasteiger partial charge in [0, 0.05) is 22.9 Å². The average Bonchev–Trinajstić information content (AvgIpc) is 3.09. The highest BCUT2D eigenvalue weighted by molar-refractivity contribution is 8.13. The largest absolute Gasteiger partial charge is 0.496 e. The molecule has 1 amide bonds. The minimum absolute atomic E-state index is 0.180. The Morgan fingerprint density at radius 3 is 2.88 bits per heavy atom. The molecule has 0 saturated heterocycles. The van der Waals surface area contributed by atoms with E-state index in [4.69, 9.17) is 16.3 Å². The van der Waals surface area contributed by atoms with Crippen molar-refractivity contribution in [2.24, 2.45) is 4.99 Å². The van der Waals surface area contributed by atoms with Gasteiger partial charge in [-0.15, -0.1) is 0 Å². The predicted octanol–water partition coefficient (Wildman–Crippen LogP) is 4.23. The summed E-state index contributed by atoms with van der Waals surface area (Å²) in [6, 6.07) is 11.6. The number of benzene rings is 2. The molecule has 2 aromatic carbocycles. The lowest BCUT2D eigenvalue weighted by atomic mass is 10.2. The van der Waals surface area contributed by atoms with Crippen molar-refractivity contribution in [3.8, 4) is 5.75 Å². The van der Waals surface area contributed by atoms with E-state index < -0.39 is 0 Å². The fourth-order valence-electron chi connectivity index (χ4n) is 2.51. The van der Waals surface area contributed by atoms with Crippen LogP contribution in [-0.2, 0) is 5.75 Å². The Morgan fingerprint density at radius 1 is 1.32 bits per heavy atom. The van der Waals surface area contributed by atoms with Gasteiger partial charge in [0.05, 0.1) is 19.2 Å². The summed E-state index contributed by atoms with van der Waals surface area (Å²) in [6.45, 7) is 1.01. The number of rotatable bonds is 4. The van der Waals surface area contributed by atoms with Crippen molar-refractivity contribution >= 4 is 34.4 Å². The fourth-order valence-corrected chi connectivity index (χ4v) is 3.90. The lowest BCUT2D eigenvalue weighted by Crippen LogP contribution is -2.33. The molecule has 1 aliphatic rings. The van der Waals surface area contributed by atoms with Gasteiger partial charge in [-0.1, -0.05) is 41.6 Å². The first-order chi connectivity index (χ1) is 12.1. The standard InChI is InChI=1S/C18H16ClFN2O2S/c1-24-16-8-3-2-5-12(16)17(23)22-10-9-21-18(22)25-11-13-14(19)6-4-7-15(13)20/h2-8H,9-11H2,1H3. The SMILES string of the molecule is COc1ccccc1C(=O)N1CCN=C1SCc1c(F)cccc1Cl. The first-order valence-corrected chi connectivity index (χ1v) is 9.03. The number of carbonyl (C=O) groups is 1. The van der Waals surface area contributed by atoms with Crippen LogP contribution < -0.4 is 4.74 Å². The second-order valence-electron chi connectivity index (χ2n) is 5.31. The normalized spacial score (nSPS) is 13.7. The Labute approximate surface area is 154 Å². The van der Waals surface area contributed by atoms with Crippen LogP contribution in [0.15, 0.2) is 47.5 Å². The fraction of sp³-hybridized carbons (Fsp3) is 0.222. The molecular weight excluding hydrogens is 363 g/mol. The zero-order chi connectivity index (χ0) is 17.8. The van der Waals surface area contributed by atoms with Crippen molar-refractivity contribution in [2.75, 3.05) is 20.2 Å². The average molecular weight is 379 g/mol. The smallest absolute Gasteiger partial charge is 0.263 e. The van der Waals surface area contributed by atoms with Gasteiger partial charge < -0.3 is 4.74 Å². The van der Waals surface area contributed by atoms with E-state index in [1.807, 2.05) is 6.07 Å². The molecule has 0 spiro atoms. The Kier molecular flexibility index (Phi) is 5.60. The Bertz CT molecular complexity index is 808. The molecule has 3 rings (SSSR count). The molecule has 4 nitrogen and oxygen atoms in total. The third-order valence-electron chi connectivity index (χ3n) is 3.79. The minimum Gasteiger partial charge on any atom is -0.496 e. The summed E-state index contributed by atoms with van der Waals surface area (Å²) in [7, 11) is 1.53. The molecule has 0 N–H and O–H groups in total. The molecular formula is C18H16ClFN2O2S. The summed E-state index contributed by atoms with van der Waals surface area (Å²) in [5, 5.41) is 0.934. The number of hydrogen-bond acceptors (Lipinski definition) is 4. The van der Waals surface area contributed by atoms with Gasteiger partial charge in [-0.25, -0.2) is 4.39 Å². The maximum atomic E-state index is 13.9. The molecule has 0 unspecified atom stereocenters. The summed E-state index contributed by atoms with van der Waals surface area (Å²) in [4.78, 5) is 18.8. The van der Waals surface area contributed by atoms with E-state index in [-0.39, 0.29) is 11.7 Å². The molecule has 0 fully saturated rings. The summed E-state index contributed by atoms with van der Waals surface area (Å²) in [5.74, 6) is 0.281. The number of para-hydroxylation sites is 1. The number of thioether (sulfide) groups is 1. The van der Waals surface area contributed by atoms with Crippen LogP contribution in [0.4, 0.5) is 4.39 Å². The van der Waals surface area contributed by atoms with Crippen LogP contribution in [0.25, 0.3) is 0 Å². The molecule has 0 aromatic heterocycles. The summed E-state index contributed by atoms with van der Waals surface area (Å²) >= 11 is 7.36. The van der Waals surface area contributed by atoms with Crippen molar-refractivity contribution in [2.45, 2.75) is 5.75 Å². The molecule has 1 aliphatic heterocycles. The zero-order valence-electron chi connectivity index (χ0n) is 13.5. The second-order valence-corrected chi connectivity index (χ2v) is 6.66. The van der Waals surface area contributed by atoms with Crippen molar-refractivity contribution in [1.82, 2.24) is 4.90 Å². The van der Waals surface area contributed by atoms with Crippen LogP contribution in [0.3, 0.4) is 0 Å². The Hall–Kier alpha value is -2.05. The van der Waals surface area contributed by atoms with E-state index in [9.17, 15) is 9.18 Å². The van der Waals surface area contributed by atoms with Crippen LogP contribution >= 0.6 is 23.4 Å². The summed E-state index contributed by atoms with van der Waals surface area (Å²) in [5.41, 5.74) is 0.887. The quantitative estimate of drug-likeness (QED) is 0.799. The highest BCUT2D eigenvalue weighted by Gasteiger charge is 2.27. The molecule has 0 bridgehead atoms. The topological polar surface area (TPSA) is 41.9 Å². The van der Waals surface area contributed by atoms with Gasteiger partial charge in [0.1, 0.15) is 11.6 Å². The van der Waals surface area contributed by atoms with Crippen molar-refractivity contribution < 1.29 is 13.9 Å². The van der Waals surface area contributed by atoms with Crippen molar-refractivity contribution in [3.63, 3.8) is 0 Å². The van der Waals surface area contributed by atoms with Crippen molar-refractivity contribution in [1.29, 1.82) is 0 Å². The predicted molar refractivity (Wildman–Crippen MR) is 99.0 cm³/mol. The summed E-state index contributed by atoms with van der Waals surface area (Å²) < 4.78 is 19.2. The van der Waals surface area contributed by atoms with Gasteiger partial charge >= 0.3 is 0 Å². The molecule has 25 heavy (non-hydrogen) atoms. The van der Waals surface area contributed by atoms with Gasteiger partial charge in [0.2, 0.25) is 0 Å². The molecule has 1 heterocycles.